The second-order valence-electron chi connectivity index (χ2n) is 5.60. The van der Waals surface area contributed by atoms with Crippen molar-refractivity contribution >= 4 is 39.8 Å². The summed E-state index contributed by atoms with van der Waals surface area (Å²) in [5.41, 5.74) is 8.51. The van der Waals surface area contributed by atoms with E-state index in [1.54, 1.807) is 18.0 Å². The van der Waals surface area contributed by atoms with Crippen molar-refractivity contribution in [2.24, 2.45) is 5.10 Å². The van der Waals surface area contributed by atoms with Gasteiger partial charge < -0.3 is 0 Å². The molecule has 24 heavy (non-hydrogen) atoms. The fourth-order valence-electron chi connectivity index (χ4n) is 2.19. The van der Waals surface area contributed by atoms with Crippen LogP contribution in [0.1, 0.15) is 27.8 Å². The Labute approximate surface area is 156 Å². The lowest BCUT2D eigenvalue weighted by atomic mass is 10.00. The summed E-state index contributed by atoms with van der Waals surface area (Å²) < 4.78 is 1.07. The van der Waals surface area contributed by atoms with Crippen molar-refractivity contribution in [3.63, 3.8) is 0 Å². The Kier molecular flexibility index (Phi) is 7.06. The highest BCUT2D eigenvalue weighted by Gasteiger charge is 2.04. The fraction of sp³-hybridized carbons (Fsp3) is 0.263. The summed E-state index contributed by atoms with van der Waals surface area (Å²) in [6, 6.07) is 12.1. The van der Waals surface area contributed by atoms with Crippen LogP contribution >= 0.6 is 27.7 Å². The van der Waals surface area contributed by atoms with E-state index in [2.05, 4.69) is 59.4 Å². The number of carbonyl (C=O) groups is 1. The summed E-state index contributed by atoms with van der Waals surface area (Å²) in [7, 11) is 0. The number of carbonyl (C=O) groups excluding carboxylic acids is 1. The minimum absolute atomic E-state index is 0.0928. The Morgan fingerprint density at radius 3 is 2.67 bits per heavy atom. The Morgan fingerprint density at radius 2 is 1.92 bits per heavy atom. The molecule has 2 aromatic rings. The number of benzene rings is 2. The third kappa shape index (κ3) is 5.21. The van der Waals surface area contributed by atoms with Crippen molar-refractivity contribution in [2.45, 2.75) is 26.5 Å². The fourth-order valence-corrected chi connectivity index (χ4v) is 3.63. The molecule has 0 saturated heterocycles. The van der Waals surface area contributed by atoms with Gasteiger partial charge in [-0.15, -0.1) is 11.8 Å². The summed E-state index contributed by atoms with van der Waals surface area (Å²) in [5, 5.41) is 4.07. The average Bonchev–Trinajstić information content (AvgIpc) is 2.56. The maximum absolute atomic E-state index is 11.9. The molecule has 1 amide bonds. The standard InChI is InChI=1S/C19H21BrN2OS/c1-13-8-9-16(15(3)14(13)2)10-21-22-19(23)12-24-11-17-6-4-5-7-18(17)20/h4-10H,11-12H2,1-3H3,(H,22,23)/b21-10+. The quantitative estimate of drug-likeness (QED) is 0.556. The van der Waals surface area contributed by atoms with E-state index in [0.717, 1.165) is 15.8 Å². The van der Waals surface area contributed by atoms with E-state index in [1.165, 1.54) is 22.3 Å². The van der Waals surface area contributed by atoms with E-state index in [-0.39, 0.29) is 5.91 Å². The van der Waals surface area contributed by atoms with Crippen molar-refractivity contribution in [3.8, 4) is 0 Å². The molecule has 0 fully saturated rings. The number of amides is 1. The summed E-state index contributed by atoms with van der Waals surface area (Å²) in [5.74, 6) is 1.07. The number of nitrogens with zero attached hydrogens (tertiary/aromatic N) is 1. The van der Waals surface area contributed by atoms with Crippen molar-refractivity contribution in [1.82, 2.24) is 5.43 Å². The van der Waals surface area contributed by atoms with Crippen LogP contribution in [0.25, 0.3) is 0 Å². The Hall–Kier alpha value is -1.59. The smallest absolute Gasteiger partial charge is 0.250 e. The van der Waals surface area contributed by atoms with E-state index in [1.807, 2.05) is 24.3 Å². The van der Waals surface area contributed by atoms with Crippen LogP contribution in [-0.4, -0.2) is 17.9 Å². The molecular weight excluding hydrogens is 384 g/mol. The van der Waals surface area contributed by atoms with Gasteiger partial charge in [-0.2, -0.15) is 5.10 Å². The highest BCUT2D eigenvalue weighted by molar-refractivity contribution is 9.10. The topological polar surface area (TPSA) is 41.5 Å². The molecule has 1 N–H and O–H groups in total. The first-order valence-electron chi connectivity index (χ1n) is 7.69. The number of nitrogens with one attached hydrogen (secondary N) is 1. The van der Waals surface area contributed by atoms with E-state index >= 15 is 0 Å². The third-order valence-corrected chi connectivity index (χ3v) is 5.70. The lowest BCUT2D eigenvalue weighted by Gasteiger charge is -2.07. The van der Waals surface area contributed by atoms with Crippen LogP contribution in [0.3, 0.4) is 0 Å². The minimum Gasteiger partial charge on any atom is -0.272 e. The molecule has 126 valence electrons. The summed E-state index contributed by atoms with van der Waals surface area (Å²) in [6.45, 7) is 6.26. The molecule has 0 heterocycles. The Morgan fingerprint density at radius 1 is 1.17 bits per heavy atom. The molecule has 0 aliphatic heterocycles. The van der Waals surface area contributed by atoms with Crippen molar-refractivity contribution < 1.29 is 4.79 Å². The highest BCUT2D eigenvalue weighted by atomic mass is 79.9. The summed E-state index contributed by atoms with van der Waals surface area (Å²) in [4.78, 5) is 11.9. The summed E-state index contributed by atoms with van der Waals surface area (Å²) >= 11 is 5.08. The van der Waals surface area contributed by atoms with Gasteiger partial charge in [0.1, 0.15) is 0 Å². The monoisotopic (exact) mass is 404 g/mol. The van der Waals surface area contributed by atoms with Crippen LogP contribution in [0.2, 0.25) is 0 Å². The lowest BCUT2D eigenvalue weighted by molar-refractivity contribution is -0.118. The van der Waals surface area contributed by atoms with E-state index in [9.17, 15) is 4.79 Å². The minimum atomic E-state index is -0.0928. The van der Waals surface area contributed by atoms with Gasteiger partial charge in [-0.1, -0.05) is 46.3 Å². The number of thioether (sulfide) groups is 1. The van der Waals surface area contributed by atoms with Gasteiger partial charge in [0.2, 0.25) is 5.91 Å². The van der Waals surface area contributed by atoms with Crippen LogP contribution in [-0.2, 0) is 10.5 Å². The predicted molar refractivity (Wildman–Crippen MR) is 107 cm³/mol. The average molecular weight is 405 g/mol. The Balaban J connectivity index is 1.81. The van der Waals surface area contributed by atoms with E-state index in [4.69, 9.17) is 0 Å². The van der Waals surface area contributed by atoms with Crippen molar-refractivity contribution in [3.05, 3.63) is 68.7 Å². The zero-order chi connectivity index (χ0) is 17.5. The van der Waals surface area contributed by atoms with Gasteiger partial charge in [-0.3, -0.25) is 4.79 Å². The van der Waals surface area contributed by atoms with Crippen molar-refractivity contribution in [2.75, 3.05) is 5.75 Å². The number of hydrogen-bond acceptors (Lipinski definition) is 3. The molecule has 0 saturated carbocycles. The molecule has 5 heteroatoms. The predicted octanol–water partition coefficient (Wildman–Crippen LogP) is 4.76. The maximum Gasteiger partial charge on any atom is 0.250 e. The maximum atomic E-state index is 11.9. The van der Waals surface area contributed by atoms with Crippen molar-refractivity contribution in [1.29, 1.82) is 0 Å². The van der Waals surface area contributed by atoms with Gasteiger partial charge in [0, 0.05) is 10.2 Å². The molecule has 3 nitrogen and oxygen atoms in total. The first-order valence-corrected chi connectivity index (χ1v) is 9.63. The molecule has 0 radical (unpaired) electrons. The molecule has 0 aliphatic rings. The second kappa shape index (κ2) is 9.04. The van der Waals surface area contributed by atoms with E-state index < -0.39 is 0 Å². The highest BCUT2D eigenvalue weighted by Crippen LogP contribution is 2.21. The zero-order valence-corrected chi connectivity index (χ0v) is 16.5. The molecule has 0 aliphatic carbocycles. The van der Waals surface area contributed by atoms with Crippen LogP contribution < -0.4 is 5.43 Å². The van der Waals surface area contributed by atoms with Gasteiger partial charge in [0.15, 0.2) is 0 Å². The van der Waals surface area contributed by atoms with Gasteiger partial charge in [0.05, 0.1) is 12.0 Å². The van der Waals surface area contributed by atoms with Gasteiger partial charge in [0.25, 0.3) is 0 Å². The second-order valence-corrected chi connectivity index (χ2v) is 7.44. The lowest BCUT2D eigenvalue weighted by Crippen LogP contribution is -2.19. The van der Waals surface area contributed by atoms with Gasteiger partial charge >= 0.3 is 0 Å². The number of halogens is 1. The van der Waals surface area contributed by atoms with Crippen LogP contribution in [0.15, 0.2) is 46.0 Å². The SMILES string of the molecule is Cc1ccc(/C=N/NC(=O)CSCc2ccccc2Br)c(C)c1C. The van der Waals surface area contributed by atoms with Crippen LogP contribution in [0, 0.1) is 20.8 Å². The van der Waals surface area contributed by atoms with Crippen LogP contribution in [0.4, 0.5) is 0 Å². The molecule has 0 spiro atoms. The van der Waals surface area contributed by atoms with Gasteiger partial charge in [-0.05, 0) is 54.7 Å². The molecule has 0 bridgehead atoms. The molecular formula is C19H21BrN2OS. The molecule has 0 atom stereocenters. The number of rotatable bonds is 6. The number of hydrazone groups is 1. The largest absolute Gasteiger partial charge is 0.272 e. The van der Waals surface area contributed by atoms with E-state index in [0.29, 0.717) is 5.75 Å². The third-order valence-electron chi connectivity index (χ3n) is 3.94. The molecule has 2 rings (SSSR count). The van der Waals surface area contributed by atoms with Gasteiger partial charge in [-0.25, -0.2) is 5.43 Å². The van der Waals surface area contributed by atoms with Crippen LogP contribution in [0.5, 0.6) is 0 Å². The first kappa shape index (κ1) is 18.7. The first-order chi connectivity index (χ1) is 11.5. The Bertz CT molecular complexity index is 759. The zero-order valence-electron chi connectivity index (χ0n) is 14.1. The summed E-state index contributed by atoms with van der Waals surface area (Å²) in [6.07, 6.45) is 1.71. The molecule has 0 unspecified atom stereocenters. The number of aryl methyl sites for hydroxylation is 1. The molecule has 0 aromatic heterocycles. The molecule has 2 aromatic carbocycles. The normalized spacial score (nSPS) is 11.0. The number of hydrogen-bond donors (Lipinski definition) is 1.